The van der Waals surface area contributed by atoms with Crippen molar-refractivity contribution in [1.82, 2.24) is 14.5 Å². The van der Waals surface area contributed by atoms with E-state index in [0.29, 0.717) is 26.3 Å². The Labute approximate surface area is 192 Å². The van der Waals surface area contributed by atoms with E-state index < -0.39 is 17.8 Å². The van der Waals surface area contributed by atoms with Crippen LogP contribution in [0.3, 0.4) is 0 Å². The number of hydrogen-bond acceptors (Lipinski definition) is 9. The maximum absolute atomic E-state index is 11.6. The van der Waals surface area contributed by atoms with E-state index in [1.807, 2.05) is 23.8 Å². The first-order valence-electron chi connectivity index (χ1n) is 8.56. The van der Waals surface area contributed by atoms with Crippen molar-refractivity contribution in [2.45, 2.75) is 13.5 Å². The van der Waals surface area contributed by atoms with Gasteiger partial charge >= 0.3 is 12.1 Å². The second-order valence-electron chi connectivity index (χ2n) is 5.78. The number of halogens is 2. The Hall–Kier alpha value is -3.50. The number of nitriles is 1. The van der Waals surface area contributed by atoms with Gasteiger partial charge in [-0.2, -0.15) is 10.4 Å². The standard InChI is InChI=1S/C18H13Br2N7O4/c1-2-27-4-3-10-15(27)23-8-24-16(10)30-14-11(19)5-9(6-12(14)20)25-26-13(7-21)17(28)31-18(22)29/h3-6,8,25H,2H2,1H3,(H2,22,29). The second kappa shape index (κ2) is 9.54. The fraction of sp³-hybridized carbons (Fsp3) is 0.111. The molecule has 0 saturated heterocycles. The lowest BCUT2D eigenvalue weighted by molar-refractivity contribution is -0.129. The number of aromatic nitrogens is 3. The van der Waals surface area contributed by atoms with Gasteiger partial charge in [0.15, 0.2) is 5.75 Å². The SMILES string of the molecule is CCn1ccc2c(Oc3c(Br)cc(NN=C(C#N)C(=O)OC(N)=O)cc3Br)ncnc21. The van der Waals surface area contributed by atoms with Gasteiger partial charge in [0.2, 0.25) is 11.6 Å². The number of carbonyl (C=O) groups is 2. The third-order valence-corrected chi connectivity index (χ3v) is 5.02. The number of fused-ring (bicyclic) bond motifs is 1. The molecular formula is C18H13Br2N7O4. The van der Waals surface area contributed by atoms with Crippen molar-refractivity contribution in [2.24, 2.45) is 10.8 Å². The van der Waals surface area contributed by atoms with Crippen LogP contribution >= 0.6 is 31.9 Å². The molecule has 0 aliphatic carbocycles. The second-order valence-corrected chi connectivity index (χ2v) is 7.49. The molecule has 158 valence electrons. The molecule has 0 unspecified atom stereocenters. The molecule has 2 heterocycles. The number of carbonyl (C=O) groups excluding carboxylic acids is 2. The zero-order valence-corrected chi connectivity index (χ0v) is 19.0. The number of nitrogens with one attached hydrogen (secondary N) is 1. The minimum Gasteiger partial charge on any atom is -0.436 e. The van der Waals surface area contributed by atoms with Crippen molar-refractivity contribution in [3.63, 3.8) is 0 Å². The molecule has 2 aromatic heterocycles. The van der Waals surface area contributed by atoms with Gasteiger partial charge in [-0.3, -0.25) is 5.43 Å². The van der Waals surface area contributed by atoms with Crippen LogP contribution in [0.5, 0.6) is 11.6 Å². The van der Waals surface area contributed by atoms with E-state index in [0.717, 1.165) is 17.6 Å². The number of esters is 1. The predicted molar refractivity (Wildman–Crippen MR) is 117 cm³/mol. The number of hydrogen-bond donors (Lipinski definition) is 2. The Morgan fingerprint density at radius 3 is 2.65 bits per heavy atom. The van der Waals surface area contributed by atoms with E-state index in [2.05, 4.69) is 57.1 Å². The summed E-state index contributed by atoms with van der Waals surface area (Å²) in [6, 6.07) is 6.60. The monoisotopic (exact) mass is 549 g/mol. The smallest absolute Gasteiger partial charge is 0.412 e. The summed E-state index contributed by atoms with van der Waals surface area (Å²) < 4.78 is 13.1. The average Bonchev–Trinajstić information content (AvgIpc) is 3.14. The number of benzene rings is 1. The van der Waals surface area contributed by atoms with Crippen LogP contribution in [-0.2, 0) is 16.1 Å². The van der Waals surface area contributed by atoms with E-state index in [4.69, 9.17) is 15.7 Å². The Balaban J connectivity index is 1.85. The number of aryl methyl sites for hydroxylation is 1. The molecular weight excluding hydrogens is 538 g/mol. The molecule has 1 aromatic carbocycles. The molecule has 3 N–H and O–H groups in total. The number of amides is 1. The summed E-state index contributed by atoms with van der Waals surface area (Å²) >= 11 is 6.83. The van der Waals surface area contributed by atoms with Crippen molar-refractivity contribution in [1.29, 1.82) is 5.26 Å². The fourth-order valence-electron chi connectivity index (χ4n) is 2.51. The van der Waals surface area contributed by atoms with Crippen LogP contribution in [0.15, 0.2) is 44.8 Å². The van der Waals surface area contributed by atoms with Crippen LogP contribution in [0, 0.1) is 11.3 Å². The van der Waals surface area contributed by atoms with Crippen LogP contribution in [0.1, 0.15) is 6.92 Å². The third kappa shape index (κ3) is 4.98. The van der Waals surface area contributed by atoms with Gasteiger partial charge in [-0.1, -0.05) is 0 Å². The average molecular weight is 551 g/mol. The zero-order valence-electron chi connectivity index (χ0n) is 15.8. The first kappa shape index (κ1) is 22.2. The first-order valence-corrected chi connectivity index (χ1v) is 10.1. The maximum Gasteiger partial charge on any atom is 0.412 e. The van der Waals surface area contributed by atoms with Gasteiger partial charge < -0.3 is 19.8 Å². The lowest BCUT2D eigenvalue weighted by atomic mass is 10.3. The molecule has 0 radical (unpaired) electrons. The van der Waals surface area contributed by atoms with E-state index >= 15 is 0 Å². The highest BCUT2D eigenvalue weighted by molar-refractivity contribution is 9.11. The number of anilines is 1. The highest BCUT2D eigenvalue weighted by Crippen LogP contribution is 2.40. The number of nitrogens with two attached hydrogens (primary N) is 1. The van der Waals surface area contributed by atoms with Gasteiger partial charge in [-0.25, -0.2) is 19.6 Å². The van der Waals surface area contributed by atoms with Crippen molar-refractivity contribution < 1.29 is 19.1 Å². The molecule has 11 nitrogen and oxygen atoms in total. The molecule has 0 aliphatic heterocycles. The van der Waals surface area contributed by atoms with Crippen molar-refractivity contribution in [3.05, 3.63) is 39.7 Å². The molecule has 3 aromatic rings. The van der Waals surface area contributed by atoms with Crippen LogP contribution in [0.4, 0.5) is 10.5 Å². The molecule has 1 amide bonds. The summed E-state index contributed by atoms with van der Waals surface area (Å²) in [7, 11) is 0. The van der Waals surface area contributed by atoms with Crippen molar-refractivity contribution in [3.8, 4) is 17.7 Å². The topological polar surface area (TPSA) is 158 Å². The van der Waals surface area contributed by atoms with Gasteiger partial charge in [0.05, 0.1) is 20.0 Å². The number of rotatable bonds is 6. The minimum absolute atomic E-state index is 0.373. The molecule has 31 heavy (non-hydrogen) atoms. The van der Waals surface area contributed by atoms with Crippen molar-refractivity contribution >= 4 is 66.4 Å². The van der Waals surface area contributed by atoms with Crippen LogP contribution in [-0.4, -0.2) is 32.3 Å². The van der Waals surface area contributed by atoms with E-state index in [1.165, 1.54) is 12.4 Å². The number of ether oxygens (including phenoxy) is 2. The van der Waals surface area contributed by atoms with Gasteiger partial charge in [-0.05, 0) is 57.0 Å². The van der Waals surface area contributed by atoms with Gasteiger partial charge in [0, 0.05) is 12.7 Å². The molecule has 0 saturated carbocycles. The normalized spacial score (nSPS) is 11.1. The molecule has 0 bridgehead atoms. The first-order chi connectivity index (χ1) is 14.8. The largest absolute Gasteiger partial charge is 0.436 e. The summed E-state index contributed by atoms with van der Waals surface area (Å²) in [6.45, 7) is 2.76. The van der Waals surface area contributed by atoms with E-state index in [1.54, 1.807) is 12.1 Å². The summed E-state index contributed by atoms with van der Waals surface area (Å²) in [6.07, 6.45) is 1.98. The van der Waals surface area contributed by atoms with Gasteiger partial charge in [0.25, 0.3) is 0 Å². The Bertz CT molecular complexity index is 1230. The number of primary amides is 1. The van der Waals surface area contributed by atoms with Crippen LogP contribution < -0.4 is 15.9 Å². The summed E-state index contributed by atoms with van der Waals surface area (Å²) in [5.41, 5.74) is 7.75. The van der Waals surface area contributed by atoms with Gasteiger partial charge in [0.1, 0.15) is 18.0 Å². The summed E-state index contributed by atoms with van der Waals surface area (Å²) in [4.78, 5) is 30.7. The lowest BCUT2D eigenvalue weighted by Crippen LogP contribution is -2.24. The highest BCUT2D eigenvalue weighted by Gasteiger charge is 2.17. The zero-order chi connectivity index (χ0) is 22.5. The molecule has 0 atom stereocenters. The predicted octanol–water partition coefficient (Wildman–Crippen LogP) is 3.68. The molecule has 3 rings (SSSR count). The minimum atomic E-state index is -1.34. The molecule has 13 heteroatoms. The van der Waals surface area contributed by atoms with E-state index in [9.17, 15) is 9.59 Å². The summed E-state index contributed by atoms with van der Waals surface area (Å²) in [5, 5.41) is 13.4. The Morgan fingerprint density at radius 2 is 2.03 bits per heavy atom. The van der Waals surface area contributed by atoms with E-state index in [-0.39, 0.29) is 0 Å². The lowest BCUT2D eigenvalue weighted by Gasteiger charge is -2.12. The fourth-order valence-corrected chi connectivity index (χ4v) is 3.86. The number of nitrogens with zero attached hydrogens (tertiary/aromatic N) is 5. The molecule has 0 fully saturated rings. The quantitative estimate of drug-likeness (QED) is 0.203. The molecule has 0 aliphatic rings. The van der Waals surface area contributed by atoms with Crippen LogP contribution in [0.25, 0.3) is 11.0 Å². The summed E-state index contributed by atoms with van der Waals surface area (Å²) in [5.74, 6) is -0.460. The number of hydrazone groups is 1. The van der Waals surface area contributed by atoms with Crippen molar-refractivity contribution in [2.75, 3.05) is 5.43 Å². The Kier molecular flexibility index (Phi) is 6.83. The maximum atomic E-state index is 11.6. The highest BCUT2D eigenvalue weighted by atomic mass is 79.9. The Morgan fingerprint density at radius 1 is 1.32 bits per heavy atom. The molecule has 0 spiro atoms. The third-order valence-electron chi connectivity index (χ3n) is 3.85. The van der Waals surface area contributed by atoms with Crippen LogP contribution in [0.2, 0.25) is 0 Å². The van der Waals surface area contributed by atoms with Gasteiger partial charge in [-0.15, -0.1) is 0 Å².